The maximum atomic E-state index is 12.7. The second-order valence-corrected chi connectivity index (χ2v) is 7.41. The summed E-state index contributed by atoms with van der Waals surface area (Å²) in [6.45, 7) is 3.82. The summed E-state index contributed by atoms with van der Waals surface area (Å²) < 4.78 is 30.7. The number of hydrogen-bond donors (Lipinski definition) is 0. The molecule has 1 heterocycles. The Bertz CT molecular complexity index is 1080. The lowest BCUT2D eigenvalue weighted by Crippen LogP contribution is -2.12. The number of pyridine rings is 1. The summed E-state index contributed by atoms with van der Waals surface area (Å²) in [7, 11) is -4.09. The molecule has 0 bridgehead atoms. The average molecular weight is 364 g/mol. The third-order valence-electron chi connectivity index (χ3n) is 3.88. The van der Waals surface area contributed by atoms with Gasteiger partial charge in [-0.2, -0.15) is 13.7 Å². The smallest absolute Gasteiger partial charge is 0.339 e. The topological polar surface area (TPSA) is 80.0 Å². The molecule has 3 rings (SSSR count). The molecule has 0 unspecified atom stereocenters. The van der Waals surface area contributed by atoms with Gasteiger partial charge in [-0.15, -0.1) is 0 Å². The van der Waals surface area contributed by atoms with Crippen LogP contribution in [-0.2, 0) is 10.1 Å². The van der Waals surface area contributed by atoms with Crippen LogP contribution in [0.2, 0.25) is 0 Å². The van der Waals surface area contributed by atoms with Crippen LogP contribution >= 0.6 is 0 Å². The van der Waals surface area contributed by atoms with Gasteiger partial charge < -0.3 is 4.18 Å². The van der Waals surface area contributed by atoms with Gasteiger partial charge in [0.2, 0.25) is 0 Å². The number of hydrogen-bond acceptors (Lipinski definition) is 5. The van der Waals surface area contributed by atoms with E-state index in [1.165, 1.54) is 18.3 Å². The minimum atomic E-state index is -4.09. The zero-order chi connectivity index (χ0) is 18.7. The molecule has 0 N–H and O–H groups in total. The van der Waals surface area contributed by atoms with Crippen LogP contribution in [0.3, 0.4) is 0 Å². The summed E-state index contributed by atoms with van der Waals surface area (Å²) in [4.78, 5) is 3.96. The Balaban J connectivity index is 2.10. The molecule has 6 heteroatoms. The Kier molecular flexibility index (Phi) is 4.74. The van der Waals surface area contributed by atoms with Gasteiger partial charge in [0.15, 0.2) is 11.4 Å². The molecular weight excluding hydrogens is 348 g/mol. The summed E-state index contributed by atoms with van der Waals surface area (Å²) in [5.74, 6) is -0.0700. The van der Waals surface area contributed by atoms with Crippen LogP contribution in [0.15, 0.2) is 65.7 Å². The number of benzene rings is 2. The molecule has 0 spiro atoms. The molecule has 1 aromatic heterocycles. The van der Waals surface area contributed by atoms with Crippen molar-refractivity contribution >= 4 is 10.1 Å². The minimum Gasteiger partial charge on any atom is -0.375 e. The van der Waals surface area contributed by atoms with Crippen LogP contribution in [0.5, 0.6) is 5.75 Å². The molecule has 0 radical (unpaired) electrons. The fourth-order valence-electron chi connectivity index (χ4n) is 2.44. The summed E-state index contributed by atoms with van der Waals surface area (Å²) in [6.07, 6.45) is 1.46. The third-order valence-corrected chi connectivity index (χ3v) is 5.11. The maximum Gasteiger partial charge on any atom is 0.339 e. The van der Waals surface area contributed by atoms with Gasteiger partial charge in [0, 0.05) is 11.8 Å². The number of aryl methyl sites for hydroxylation is 2. The van der Waals surface area contributed by atoms with Gasteiger partial charge in [-0.05, 0) is 37.6 Å². The van der Waals surface area contributed by atoms with Gasteiger partial charge in [-0.1, -0.05) is 47.5 Å². The SMILES string of the molecule is Cc1ccc(-c2ccnc(C#N)c2OS(=O)(=O)c2ccc(C)cc2)cc1. The Morgan fingerprint density at radius 1 is 0.923 bits per heavy atom. The van der Waals surface area contributed by atoms with Gasteiger partial charge in [-0.3, -0.25) is 0 Å². The first-order chi connectivity index (χ1) is 12.4. The van der Waals surface area contributed by atoms with E-state index in [1.807, 2.05) is 44.2 Å². The first-order valence-corrected chi connectivity index (χ1v) is 9.29. The molecule has 0 aliphatic heterocycles. The summed E-state index contributed by atoms with van der Waals surface area (Å²) in [5.41, 5.74) is 3.15. The third kappa shape index (κ3) is 3.58. The quantitative estimate of drug-likeness (QED) is 0.654. The predicted molar refractivity (Wildman–Crippen MR) is 98.1 cm³/mol. The van der Waals surface area contributed by atoms with E-state index in [0.29, 0.717) is 5.56 Å². The van der Waals surface area contributed by atoms with E-state index in [9.17, 15) is 13.7 Å². The molecule has 0 amide bonds. The molecule has 2 aromatic carbocycles. The minimum absolute atomic E-state index is 0.0192. The highest BCUT2D eigenvalue weighted by atomic mass is 32.2. The average Bonchev–Trinajstić information content (AvgIpc) is 2.63. The van der Waals surface area contributed by atoms with Crippen molar-refractivity contribution in [3.05, 3.63) is 77.6 Å². The van der Waals surface area contributed by atoms with E-state index < -0.39 is 10.1 Å². The molecule has 26 heavy (non-hydrogen) atoms. The molecule has 0 fully saturated rings. The van der Waals surface area contributed by atoms with Gasteiger partial charge in [0.05, 0.1) is 0 Å². The Morgan fingerprint density at radius 3 is 2.08 bits per heavy atom. The standard InChI is InChI=1S/C20H16N2O3S/c1-14-3-7-16(8-4-14)18-11-12-22-19(13-21)20(18)25-26(23,24)17-9-5-15(2)6-10-17/h3-12H,1-2H3. The molecule has 5 nitrogen and oxygen atoms in total. The molecular formula is C20H16N2O3S. The van der Waals surface area contributed by atoms with Crippen molar-refractivity contribution in [2.75, 3.05) is 0 Å². The van der Waals surface area contributed by atoms with E-state index in [-0.39, 0.29) is 16.3 Å². The van der Waals surface area contributed by atoms with Gasteiger partial charge in [-0.25, -0.2) is 4.98 Å². The highest BCUT2D eigenvalue weighted by Gasteiger charge is 2.22. The van der Waals surface area contributed by atoms with Crippen LogP contribution in [0.1, 0.15) is 16.8 Å². The van der Waals surface area contributed by atoms with Crippen LogP contribution in [0.25, 0.3) is 11.1 Å². The van der Waals surface area contributed by atoms with Gasteiger partial charge in [0.1, 0.15) is 11.0 Å². The molecule has 0 saturated carbocycles. The van der Waals surface area contributed by atoms with Crippen molar-refractivity contribution in [3.8, 4) is 22.9 Å². The van der Waals surface area contributed by atoms with Crippen molar-refractivity contribution in [1.29, 1.82) is 5.26 Å². The maximum absolute atomic E-state index is 12.7. The highest BCUT2D eigenvalue weighted by Crippen LogP contribution is 2.34. The summed E-state index contributed by atoms with van der Waals surface area (Å²) >= 11 is 0. The Morgan fingerprint density at radius 2 is 1.50 bits per heavy atom. The van der Waals surface area contributed by atoms with Crippen molar-refractivity contribution < 1.29 is 12.6 Å². The lowest BCUT2D eigenvalue weighted by molar-refractivity contribution is 0.485. The predicted octanol–water partition coefficient (Wildman–Crippen LogP) is 4.00. The monoisotopic (exact) mass is 364 g/mol. The number of nitrogens with zero attached hydrogens (tertiary/aromatic N) is 2. The largest absolute Gasteiger partial charge is 0.375 e. The molecule has 0 aliphatic carbocycles. The lowest BCUT2D eigenvalue weighted by atomic mass is 10.0. The van der Waals surface area contributed by atoms with Crippen molar-refractivity contribution in [3.63, 3.8) is 0 Å². The zero-order valence-electron chi connectivity index (χ0n) is 14.3. The second kappa shape index (κ2) is 6.98. The van der Waals surface area contributed by atoms with Crippen LogP contribution in [-0.4, -0.2) is 13.4 Å². The van der Waals surface area contributed by atoms with Gasteiger partial charge >= 0.3 is 10.1 Å². The van der Waals surface area contributed by atoms with E-state index in [2.05, 4.69) is 4.98 Å². The molecule has 3 aromatic rings. The summed E-state index contributed by atoms with van der Waals surface area (Å²) in [6, 6.07) is 17.3. The first-order valence-electron chi connectivity index (χ1n) is 7.88. The Hall–Kier alpha value is -3.17. The second-order valence-electron chi connectivity index (χ2n) is 5.86. The normalized spacial score (nSPS) is 11.0. The number of rotatable bonds is 4. The van der Waals surface area contributed by atoms with E-state index in [0.717, 1.165) is 16.7 Å². The van der Waals surface area contributed by atoms with Crippen LogP contribution in [0, 0.1) is 25.2 Å². The zero-order valence-corrected chi connectivity index (χ0v) is 15.1. The van der Waals surface area contributed by atoms with E-state index in [4.69, 9.17) is 4.18 Å². The fraction of sp³-hybridized carbons (Fsp3) is 0.100. The number of nitriles is 1. The fourth-order valence-corrected chi connectivity index (χ4v) is 3.39. The Labute approximate surface area is 152 Å². The molecule has 130 valence electrons. The van der Waals surface area contributed by atoms with Crippen LogP contribution < -0.4 is 4.18 Å². The van der Waals surface area contributed by atoms with Gasteiger partial charge in [0.25, 0.3) is 0 Å². The molecule has 0 saturated heterocycles. The lowest BCUT2D eigenvalue weighted by Gasteiger charge is -2.13. The molecule has 0 atom stereocenters. The first kappa shape index (κ1) is 17.6. The van der Waals surface area contributed by atoms with Crippen molar-refractivity contribution in [1.82, 2.24) is 4.98 Å². The number of aromatic nitrogens is 1. The highest BCUT2D eigenvalue weighted by molar-refractivity contribution is 7.87. The van der Waals surface area contributed by atoms with E-state index in [1.54, 1.807) is 18.2 Å². The van der Waals surface area contributed by atoms with E-state index >= 15 is 0 Å². The molecule has 0 aliphatic rings. The van der Waals surface area contributed by atoms with Crippen LogP contribution in [0.4, 0.5) is 0 Å². The van der Waals surface area contributed by atoms with Crippen molar-refractivity contribution in [2.24, 2.45) is 0 Å². The summed E-state index contributed by atoms with van der Waals surface area (Å²) in [5, 5.41) is 9.35. The van der Waals surface area contributed by atoms with Crippen molar-refractivity contribution in [2.45, 2.75) is 18.7 Å².